The van der Waals surface area contributed by atoms with E-state index in [2.05, 4.69) is 5.32 Å². The zero-order chi connectivity index (χ0) is 38.3. The Kier molecular flexibility index (Phi) is 13.2. The molecule has 8 aliphatic rings. The van der Waals surface area contributed by atoms with Crippen molar-refractivity contribution in [3.05, 3.63) is 0 Å². The van der Waals surface area contributed by atoms with Gasteiger partial charge in [0.25, 0.3) is 0 Å². The lowest BCUT2D eigenvalue weighted by molar-refractivity contribution is -0.206. The highest BCUT2D eigenvalue weighted by Gasteiger charge is 2.66. The number of esters is 1. The van der Waals surface area contributed by atoms with Crippen LogP contribution in [-0.4, -0.2) is 91.1 Å². The number of hydrogen-bond donors (Lipinski definition) is 5. The summed E-state index contributed by atoms with van der Waals surface area (Å²) in [6.07, 6.45) is 21.7. The molecule has 0 aromatic rings. The molecule has 0 radical (unpaired) electrons. The van der Waals surface area contributed by atoms with Gasteiger partial charge in [-0.3, -0.25) is 4.79 Å². The Labute approximate surface area is 331 Å². The average molecular weight is 773 g/mol. The fourth-order valence-electron chi connectivity index (χ4n) is 15.4. The lowest BCUT2D eigenvalue weighted by Gasteiger charge is -2.61. The largest absolute Gasteiger partial charge is 0.465 e. The second-order valence-electron chi connectivity index (χ2n) is 20.3. The third-order valence-corrected chi connectivity index (χ3v) is 17.6. The van der Waals surface area contributed by atoms with E-state index in [1.54, 1.807) is 7.11 Å². The molecule has 2 heterocycles. The molecule has 18 unspecified atom stereocenters. The molecule has 0 aromatic heterocycles. The number of methoxy groups -OCH3 is 1. The van der Waals surface area contributed by atoms with Gasteiger partial charge in [-0.25, -0.2) is 0 Å². The summed E-state index contributed by atoms with van der Waals surface area (Å²) in [4.78, 5) is 12.3. The van der Waals surface area contributed by atoms with Crippen LogP contribution in [0.2, 0.25) is 0 Å². The van der Waals surface area contributed by atoms with E-state index < -0.39 is 12.2 Å². The van der Waals surface area contributed by atoms with Gasteiger partial charge in [0.2, 0.25) is 0 Å². The molecule has 6 aliphatic carbocycles. The number of piperidine rings is 1. The van der Waals surface area contributed by atoms with Crippen LogP contribution in [0, 0.1) is 70.5 Å². The zero-order valence-electron chi connectivity index (χ0n) is 34.1. The predicted octanol–water partition coefficient (Wildman–Crippen LogP) is 5.92. The predicted molar refractivity (Wildman–Crippen MR) is 209 cm³/mol. The minimum Gasteiger partial charge on any atom is -0.465 e. The monoisotopic (exact) mass is 773 g/mol. The van der Waals surface area contributed by atoms with Gasteiger partial charge in [-0.05, 0) is 161 Å². The third kappa shape index (κ3) is 8.47. The van der Waals surface area contributed by atoms with Crippen LogP contribution in [0.3, 0.4) is 0 Å². The number of aliphatic hydroxyl groups excluding tert-OH is 3. The van der Waals surface area contributed by atoms with E-state index in [9.17, 15) is 20.1 Å². The van der Waals surface area contributed by atoms with Crippen molar-refractivity contribution in [2.45, 2.75) is 178 Å². The van der Waals surface area contributed by atoms with Gasteiger partial charge in [0.15, 0.2) is 0 Å². The van der Waals surface area contributed by atoms with Gasteiger partial charge in [0.1, 0.15) is 6.79 Å². The maximum Gasteiger partial charge on any atom is 0.302 e. The average Bonchev–Trinajstić information content (AvgIpc) is 3.76. The number of nitrogens with one attached hydrogen (secondary N) is 1. The van der Waals surface area contributed by atoms with E-state index in [1.807, 2.05) is 0 Å². The number of rotatable bonds is 11. The number of fused-ring (bicyclic) bond motifs is 6. The molecule has 314 valence electrons. The first kappa shape index (κ1) is 40.9. The summed E-state index contributed by atoms with van der Waals surface area (Å²) in [5.41, 5.74) is 6.53. The van der Waals surface area contributed by atoms with Crippen molar-refractivity contribution in [3.63, 3.8) is 0 Å². The molecule has 2 aliphatic heterocycles. The number of carbonyl (C=O) groups is 1. The molecule has 1 spiro atoms. The molecule has 6 saturated carbocycles. The Hall–Kier alpha value is -0.850. The molecule has 55 heavy (non-hydrogen) atoms. The lowest BCUT2D eigenvalue weighted by atomic mass is 9.45. The molecule has 2 saturated heterocycles. The highest BCUT2D eigenvalue weighted by Crippen LogP contribution is 2.69. The van der Waals surface area contributed by atoms with Crippen molar-refractivity contribution in [2.75, 3.05) is 27.1 Å². The molecule has 10 nitrogen and oxygen atoms in total. The fraction of sp³-hybridized carbons (Fsp3) is 0.978. The van der Waals surface area contributed by atoms with Crippen LogP contribution in [0.5, 0.6) is 0 Å². The lowest BCUT2D eigenvalue weighted by Crippen LogP contribution is -2.59. The van der Waals surface area contributed by atoms with E-state index in [4.69, 9.17) is 24.7 Å². The number of hydrogen-bond acceptors (Lipinski definition) is 10. The molecule has 0 aromatic carbocycles. The first-order valence-electron chi connectivity index (χ1n) is 23.1. The number of ether oxygens (including phenoxy) is 4. The van der Waals surface area contributed by atoms with E-state index in [1.165, 1.54) is 77.6 Å². The van der Waals surface area contributed by atoms with Crippen LogP contribution in [-0.2, 0) is 23.7 Å². The normalized spacial score (nSPS) is 48.2. The SMILES string of the molecule is COC1CC(C2OC3C(CCC4C5C(CC(O)CC5OCO)CC5(CCC(C(CCC6CCCCC6)C6CCC(N)NC6)C5)C43)C2COC(C)=O)CCC1O. The second kappa shape index (κ2) is 17.8. The minimum atomic E-state index is -0.457. The second-order valence-corrected chi connectivity index (χ2v) is 20.3. The van der Waals surface area contributed by atoms with Crippen molar-refractivity contribution < 1.29 is 39.1 Å². The Morgan fingerprint density at radius 2 is 1.71 bits per heavy atom. The summed E-state index contributed by atoms with van der Waals surface area (Å²) in [5, 5.41) is 35.8. The summed E-state index contributed by atoms with van der Waals surface area (Å²) in [6, 6.07) is 0. The van der Waals surface area contributed by atoms with Gasteiger partial charge < -0.3 is 45.3 Å². The van der Waals surface area contributed by atoms with Gasteiger partial charge in [0.05, 0.1) is 49.4 Å². The van der Waals surface area contributed by atoms with Crippen LogP contribution in [0.25, 0.3) is 0 Å². The molecule has 0 bridgehead atoms. The number of aliphatic hydroxyl groups is 3. The molecule has 18 atom stereocenters. The van der Waals surface area contributed by atoms with Crippen LogP contribution in [0.15, 0.2) is 0 Å². The quantitative estimate of drug-likeness (QED) is 0.126. The van der Waals surface area contributed by atoms with Crippen molar-refractivity contribution in [1.29, 1.82) is 0 Å². The third-order valence-electron chi connectivity index (χ3n) is 17.6. The minimum absolute atomic E-state index is 0.0383. The first-order chi connectivity index (χ1) is 26.7. The molecule has 8 rings (SSSR count). The van der Waals surface area contributed by atoms with Gasteiger partial charge in [-0.1, -0.05) is 38.5 Å². The summed E-state index contributed by atoms with van der Waals surface area (Å²) < 4.78 is 25.4. The smallest absolute Gasteiger partial charge is 0.302 e. The van der Waals surface area contributed by atoms with Crippen molar-refractivity contribution in [3.8, 4) is 0 Å². The molecule has 6 N–H and O–H groups in total. The fourth-order valence-corrected chi connectivity index (χ4v) is 15.4. The molecule has 0 amide bonds. The van der Waals surface area contributed by atoms with Crippen LogP contribution in [0.4, 0.5) is 0 Å². The summed E-state index contributed by atoms with van der Waals surface area (Å²) in [6.45, 7) is 2.63. The van der Waals surface area contributed by atoms with E-state index in [-0.39, 0.29) is 60.6 Å². The highest BCUT2D eigenvalue weighted by molar-refractivity contribution is 5.65. The van der Waals surface area contributed by atoms with Crippen molar-refractivity contribution in [1.82, 2.24) is 5.32 Å². The highest BCUT2D eigenvalue weighted by atomic mass is 16.6. The first-order valence-corrected chi connectivity index (χ1v) is 23.1. The topological polar surface area (TPSA) is 153 Å². The molecular formula is C45H76N2O8. The molecule has 8 fully saturated rings. The maximum atomic E-state index is 12.3. The van der Waals surface area contributed by atoms with Crippen LogP contribution in [0.1, 0.15) is 135 Å². The van der Waals surface area contributed by atoms with Crippen molar-refractivity contribution >= 4 is 5.97 Å². The van der Waals surface area contributed by atoms with Gasteiger partial charge in [-0.15, -0.1) is 0 Å². The number of carbonyl (C=O) groups excluding carboxylic acids is 1. The van der Waals surface area contributed by atoms with Crippen molar-refractivity contribution in [2.24, 2.45) is 76.2 Å². The zero-order valence-corrected chi connectivity index (χ0v) is 34.1. The van der Waals surface area contributed by atoms with E-state index >= 15 is 0 Å². The van der Waals surface area contributed by atoms with Gasteiger partial charge in [0, 0.05) is 20.0 Å². The van der Waals surface area contributed by atoms with E-state index in [0.29, 0.717) is 66.8 Å². The summed E-state index contributed by atoms with van der Waals surface area (Å²) in [5.74, 6) is 4.83. The maximum absolute atomic E-state index is 12.3. The van der Waals surface area contributed by atoms with Crippen LogP contribution < -0.4 is 11.1 Å². The summed E-state index contributed by atoms with van der Waals surface area (Å²) >= 11 is 0. The Bertz CT molecular complexity index is 1260. The molecule has 10 heteroatoms. The van der Waals surface area contributed by atoms with Crippen LogP contribution >= 0.6 is 0 Å². The molecular weight excluding hydrogens is 697 g/mol. The van der Waals surface area contributed by atoms with Gasteiger partial charge >= 0.3 is 5.97 Å². The standard InChI is InChI=1S/C45H76N2O8/c1-26(49)53-24-36-34-12-13-35-41-31(18-32(50)20-39(41)54-25-48)22-45(42(35)44(34)55-43(36)28-9-14-37(51)38(19-28)52-2)17-16-29(21-45)33(30-10-15-40(46)47-23-30)11-8-27-6-4-3-5-7-27/h27-44,47-48,50-51H,3-25,46H2,1-2H3. The van der Waals surface area contributed by atoms with Gasteiger partial charge in [-0.2, -0.15) is 0 Å². The Balaban J connectivity index is 1.12. The Morgan fingerprint density at radius 1 is 0.891 bits per heavy atom. The Morgan fingerprint density at radius 3 is 2.45 bits per heavy atom. The van der Waals surface area contributed by atoms with E-state index in [0.717, 1.165) is 57.4 Å². The number of nitrogens with two attached hydrogens (primary N) is 1. The summed E-state index contributed by atoms with van der Waals surface area (Å²) in [7, 11) is 1.71.